The molecule has 1 amide bonds. The van der Waals surface area contributed by atoms with Gasteiger partial charge >= 0.3 is 5.97 Å². The second-order valence-electron chi connectivity index (χ2n) is 3.40. The minimum Gasteiger partial charge on any atom is -0.496 e. The lowest BCUT2D eigenvalue weighted by Crippen LogP contribution is -2.33. The molecule has 1 atom stereocenters. The van der Waals surface area contributed by atoms with Gasteiger partial charge in [-0.15, -0.1) is 0 Å². The summed E-state index contributed by atoms with van der Waals surface area (Å²) >= 11 is 0. The number of benzene rings is 1. The molecule has 1 unspecified atom stereocenters. The summed E-state index contributed by atoms with van der Waals surface area (Å²) in [6.45, 7) is 1.34. The fourth-order valence-electron chi connectivity index (χ4n) is 1.49. The van der Waals surface area contributed by atoms with Crippen LogP contribution in [0.3, 0.4) is 0 Å². The van der Waals surface area contributed by atoms with E-state index in [1.54, 1.807) is 24.3 Å². The van der Waals surface area contributed by atoms with Gasteiger partial charge in [-0.3, -0.25) is 4.79 Å². The van der Waals surface area contributed by atoms with Gasteiger partial charge in [0.05, 0.1) is 14.2 Å². The van der Waals surface area contributed by atoms with Crippen LogP contribution in [0.25, 0.3) is 0 Å². The Morgan fingerprint density at radius 1 is 1.24 bits per heavy atom. The standard InChI is InChI=1S/C12H15NO4/c1-8(14)13-11(12(15)17-3)9-6-4-5-7-10(9)16-2/h4-7,11H,1-3H3,(H,13,14). The Morgan fingerprint density at radius 3 is 2.41 bits per heavy atom. The monoisotopic (exact) mass is 237 g/mol. The molecule has 5 nitrogen and oxygen atoms in total. The molecule has 17 heavy (non-hydrogen) atoms. The van der Waals surface area contributed by atoms with Crippen molar-refractivity contribution < 1.29 is 19.1 Å². The Hall–Kier alpha value is -2.04. The molecule has 0 aliphatic heterocycles. The number of methoxy groups -OCH3 is 2. The smallest absolute Gasteiger partial charge is 0.333 e. The molecular formula is C12H15NO4. The van der Waals surface area contributed by atoms with Crippen molar-refractivity contribution in [2.45, 2.75) is 13.0 Å². The zero-order chi connectivity index (χ0) is 12.8. The summed E-state index contributed by atoms with van der Waals surface area (Å²) in [7, 11) is 2.77. The summed E-state index contributed by atoms with van der Waals surface area (Å²) in [5.41, 5.74) is 0.567. The van der Waals surface area contributed by atoms with Crippen molar-refractivity contribution in [2.75, 3.05) is 14.2 Å². The number of carbonyl (C=O) groups excluding carboxylic acids is 2. The van der Waals surface area contributed by atoms with Gasteiger partial charge in [0.1, 0.15) is 5.75 Å². The van der Waals surface area contributed by atoms with Gasteiger partial charge < -0.3 is 14.8 Å². The fraction of sp³-hybridized carbons (Fsp3) is 0.333. The van der Waals surface area contributed by atoms with Gasteiger partial charge in [0.25, 0.3) is 0 Å². The molecule has 0 fully saturated rings. The minimum absolute atomic E-state index is 0.314. The summed E-state index contributed by atoms with van der Waals surface area (Å²) in [4.78, 5) is 22.7. The Labute approximate surface area is 99.7 Å². The molecule has 0 bridgehead atoms. The van der Waals surface area contributed by atoms with Gasteiger partial charge in [-0.1, -0.05) is 18.2 Å². The van der Waals surface area contributed by atoms with Crippen LogP contribution in [0.4, 0.5) is 0 Å². The highest BCUT2D eigenvalue weighted by molar-refractivity contribution is 5.85. The van der Waals surface area contributed by atoms with Crippen molar-refractivity contribution in [1.29, 1.82) is 0 Å². The molecule has 0 heterocycles. The van der Waals surface area contributed by atoms with E-state index in [4.69, 9.17) is 4.74 Å². The van der Waals surface area contributed by atoms with Crippen molar-refractivity contribution in [3.8, 4) is 5.75 Å². The second-order valence-corrected chi connectivity index (χ2v) is 3.40. The number of nitrogens with one attached hydrogen (secondary N) is 1. The molecule has 0 aliphatic rings. The van der Waals surface area contributed by atoms with Crippen molar-refractivity contribution in [3.05, 3.63) is 29.8 Å². The molecule has 5 heteroatoms. The number of ether oxygens (including phenoxy) is 2. The Balaban J connectivity index is 3.11. The molecule has 0 saturated heterocycles. The Morgan fingerprint density at radius 2 is 1.88 bits per heavy atom. The molecule has 92 valence electrons. The molecule has 0 aliphatic carbocycles. The van der Waals surface area contributed by atoms with E-state index in [-0.39, 0.29) is 5.91 Å². The largest absolute Gasteiger partial charge is 0.496 e. The molecule has 0 saturated carbocycles. The van der Waals surface area contributed by atoms with E-state index in [0.717, 1.165) is 0 Å². The third kappa shape index (κ3) is 3.21. The predicted octanol–water partition coefficient (Wildman–Crippen LogP) is 1.05. The molecule has 0 radical (unpaired) electrons. The first kappa shape index (κ1) is 13.0. The highest BCUT2D eigenvalue weighted by atomic mass is 16.5. The predicted molar refractivity (Wildman–Crippen MR) is 61.6 cm³/mol. The molecule has 1 rings (SSSR count). The van der Waals surface area contributed by atoms with Gasteiger partial charge in [-0.2, -0.15) is 0 Å². The van der Waals surface area contributed by atoms with Crippen molar-refractivity contribution >= 4 is 11.9 Å². The molecule has 0 aromatic heterocycles. The van der Waals surface area contributed by atoms with Crippen LogP contribution in [0.1, 0.15) is 18.5 Å². The van der Waals surface area contributed by atoms with Crippen LogP contribution >= 0.6 is 0 Å². The SMILES string of the molecule is COC(=O)C(NC(C)=O)c1ccccc1OC. The summed E-state index contributed by atoms with van der Waals surface area (Å²) < 4.78 is 9.80. The number of hydrogen-bond donors (Lipinski definition) is 1. The lowest BCUT2D eigenvalue weighted by molar-refractivity contribution is -0.145. The normalized spacial score (nSPS) is 11.5. The summed E-state index contributed by atoms with van der Waals surface area (Å²) in [5, 5.41) is 2.53. The third-order valence-corrected chi connectivity index (χ3v) is 2.23. The number of amides is 1. The van der Waals surface area contributed by atoms with E-state index >= 15 is 0 Å². The topological polar surface area (TPSA) is 64.6 Å². The maximum absolute atomic E-state index is 11.6. The lowest BCUT2D eigenvalue weighted by Gasteiger charge is -2.18. The van der Waals surface area contributed by atoms with Gasteiger partial charge in [0.15, 0.2) is 6.04 Å². The maximum Gasteiger partial charge on any atom is 0.333 e. The number of rotatable bonds is 4. The van der Waals surface area contributed by atoms with Gasteiger partial charge in [-0.05, 0) is 6.07 Å². The lowest BCUT2D eigenvalue weighted by atomic mass is 10.1. The summed E-state index contributed by atoms with van der Waals surface area (Å²) in [5.74, 6) is -0.326. The quantitative estimate of drug-likeness (QED) is 0.795. The van der Waals surface area contributed by atoms with E-state index in [1.165, 1.54) is 21.1 Å². The van der Waals surface area contributed by atoms with E-state index in [2.05, 4.69) is 10.1 Å². The number of carbonyl (C=O) groups is 2. The van der Waals surface area contributed by atoms with Crippen molar-refractivity contribution in [2.24, 2.45) is 0 Å². The first-order chi connectivity index (χ1) is 8.10. The molecule has 1 aromatic rings. The van der Waals surface area contributed by atoms with Crippen molar-refractivity contribution in [3.63, 3.8) is 0 Å². The van der Waals surface area contributed by atoms with Crippen LogP contribution < -0.4 is 10.1 Å². The molecule has 1 N–H and O–H groups in total. The van der Waals surface area contributed by atoms with Crippen LogP contribution in [0.2, 0.25) is 0 Å². The van der Waals surface area contributed by atoms with Gasteiger partial charge in [0, 0.05) is 12.5 Å². The van der Waals surface area contributed by atoms with Gasteiger partial charge in [0.2, 0.25) is 5.91 Å². The highest BCUT2D eigenvalue weighted by Crippen LogP contribution is 2.25. The number of esters is 1. The number of para-hydroxylation sites is 1. The van der Waals surface area contributed by atoms with E-state index in [1.807, 2.05) is 0 Å². The summed E-state index contributed by atoms with van der Waals surface area (Å²) in [6, 6.07) is 6.11. The van der Waals surface area contributed by atoms with Crippen LogP contribution in [0.5, 0.6) is 5.75 Å². The summed E-state index contributed by atoms with van der Waals surface area (Å²) in [6.07, 6.45) is 0. The van der Waals surface area contributed by atoms with Crippen LogP contribution in [0.15, 0.2) is 24.3 Å². The van der Waals surface area contributed by atoms with Crippen molar-refractivity contribution in [1.82, 2.24) is 5.32 Å². The van der Waals surface area contributed by atoms with Crippen LogP contribution in [0, 0.1) is 0 Å². The van der Waals surface area contributed by atoms with Crippen LogP contribution in [-0.2, 0) is 14.3 Å². The number of hydrogen-bond acceptors (Lipinski definition) is 4. The van der Waals surface area contributed by atoms with Gasteiger partial charge in [-0.25, -0.2) is 4.79 Å². The van der Waals surface area contributed by atoms with E-state index in [0.29, 0.717) is 11.3 Å². The first-order valence-electron chi connectivity index (χ1n) is 5.08. The molecule has 0 spiro atoms. The third-order valence-electron chi connectivity index (χ3n) is 2.23. The average Bonchev–Trinajstić information content (AvgIpc) is 2.34. The molecule has 1 aromatic carbocycles. The highest BCUT2D eigenvalue weighted by Gasteiger charge is 2.25. The zero-order valence-corrected chi connectivity index (χ0v) is 10.0. The van der Waals surface area contributed by atoms with E-state index in [9.17, 15) is 9.59 Å². The Bertz CT molecular complexity index is 417. The zero-order valence-electron chi connectivity index (χ0n) is 10.0. The maximum atomic E-state index is 11.6. The first-order valence-corrected chi connectivity index (χ1v) is 5.08. The fourth-order valence-corrected chi connectivity index (χ4v) is 1.49. The average molecular weight is 237 g/mol. The second kappa shape index (κ2) is 5.89. The minimum atomic E-state index is -0.853. The van der Waals surface area contributed by atoms with E-state index < -0.39 is 12.0 Å². The van der Waals surface area contributed by atoms with Crippen LogP contribution in [-0.4, -0.2) is 26.1 Å². The Kier molecular flexibility index (Phi) is 4.51. The molecular weight excluding hydrogens is 222 g/mol.